The molecule has 4 nitrogen and oxygen atoms in total. The number of nitrogens with one attached hydrogen (secondary N) is 2. The van der Waals surface area contributed by atoms with Crippen LogP contribution in [0.3, 0.4) is 0 Å². The molecule has 1 aromatic carbocycles. The molecule has 2 heterocycles. The fourth-order valence-corrected chi connectivity index (χ4v) is 4.18. The molecule has 1 amide bonds. The third-order valence-corrected chi connectivity index (χ3v) is 5.37. The first kappa shape index (κ1) is 17.2. The van der Waals surface area contributed by atoms with E-state index in [1.54, 1.807) is 11.3 Å². The van der Waals surface area contributed by atoms with Crippen molar-refractivity contribution in [2.45, 2.75) is 24.9 Å². The summed E-state index contributed by atoms with van der Waals surface area (Å²) in [5.41, 5.74) is 0.979. The number of carbonyl (C=O) groups excluding carboxylic acids is 1. The number of alkyl halides is 3. The predicted molar refractivity (Wildman–Crippen MR) is 86.2 cm³/mol. The Morgan fingerprint density at radius 2 is 2.17 bits per heavy atom. The number of carbonyl (C=O) groups is 1. The van der Waals surface area contributed by atoms with Crippen LogP contribution in [-0.4, -0.2) is 43.2 Å². The van der Waals surface area contributed by atoms with E-state index in [1.807, 2.05) is 29.6 Å². The average molecular weight is 358 g/mol. The molecule has 1 aromatic heterocycles. The monoisotopic (exact) mass is 358 g/mol. The van der Waals surface area contributed by atoms with Gasteiger partial charge in [-0.1, -0.05) is 12.1 Å². The van der Waals surface area contributed by atoms with Crippen LogP contribution in [0.25, 0.3) is 10.2 Å². The molecule has 1 saturated heterocycles. The van der Waals surface area contributed by atoms with Crippen LogP contribution in [0.1, 0.15) is 23.8 Å². The van der Waals surface area contributed by atoms with E-state index in [0.29, 0.717) is 0 Å². The molecule has 3 rings (SSSR count). The highest BCUT2D eigenvalue weighted by atomic mass is 32.1. The van der Waals surface area contributed by atoms with Gasteiger partial charge in [-0.15, -0.1) is 11.3 Å². The molecule has 0 radical (unpaired) electrons. The van der Waals surface area contributed by atoms with Crippen LogP contribution in [-0.2, 0) is 4.79 Å². The number of likely N-dealkylation sites (tertiary alicyclic amines) is 1. The summed E-state index contributed by atoms with van der Waals surface area (Å²) in [7, 11) is 0. The Morgan fingerprint density at radius 3 is 2.92 bits per heavy atom. The Balaban J connectivity index is 1.59. The standard InChI is InChI=1S/C16H18F3N3OS/c17-16(18,19)10-20-14(23)9-22-7-3-4-11(8-22)15-21-12-5-1-2-6-13(12)24-15/h1-2,5-6,11H,3-4,7-10H2,(H,20,23)/p+1/t11-/m0/s1. The highest BCUT2D eigenvalue weighted by Crippen LogP contribution is 2.30. The summed E-state index contributed by atoms with van der Waals surface area (Å²) < 4.78 is 37.6. The van der Waals surface area contributed by atoms with E-state index >= 15 is 0 Å². The number of rotatable bonds is 4. The van der Waals surface area contributed by atoms with Crippen molar-refractivity contribution < 1.29 is 22.9 Å². The Labute approximate surface area is 141 Å². The fraction of sp³-hybridized carbons (Fsp3) is 0.500. The van der Waals surface area contributed by atoms with Crippen molar-refractivity contribution in [3.8, 4) is 0 Å². The molecule has 1 aliphatic rings. The van der Waals surface area contributed by atoms with Crippen LogP contribution >= 0.6 is 11.3 Å². The number of benzene rings is 1. The molecule has 0 bridgehead atoms. The number of amides is 1. The number of hydrogen-bond acceptors (Lipinski definition) is 3. The Morgan fingerprint density at radius 1 is 1.38 bits per heavy atom. The van der Waals surface area contributed by atoms with E-state index in [1.165, 1.54) is 0 Å². The van der Waals surface area contributed by atoms with Crippen molar-refractivity contribution in [3.63, 3.8) is 0 Å². The van der Waals surface area contributed by atoms with Gasteiger partial charge in [0.2, 0.25) is 0 Å². The molecule has 1 aliphatic heterocycles. The molecule has 24 heavy (non-hydrogen) atoms. The van der Waals surface area contributed by atoms with Crippen LogP contribution in [0, 0.1) is 0 Å². The number of halogens is 3. The maximum atomic E-state index is 12.2. The van der Waals surface area contributed by atoms with Crippen molar-refractivity contribution in [2.24, 2.45) is 0 Å². The van der Waals surface area contributed by atoms with Gasteiger partial charge in [-0.2, -0.15) is 13.2 Å². The van der Waals surface area contributed by atoms with Crippen molar-refractivity contribution in [3.05, 3.63) is 29.3 Å². The van der Waals surface area contributed by atoms with E-state index in [9.17, 15) is 18.0 Å². The van der Waals surface area contributed by atoms with Crippen molar-refractivity contribution in [1.29, 1.82) is 0 Å². The number of para-hydroxylation sites is 1. The van der Waals surface area contributed by atoms with Crippen molar-refractivity contribution >= 4 is 27.5 Å². The Hall–Kier alpha value is -1.67. The third kappa shape index (κ3) is 4.45. The molecule has 8 heteroatoms. The zero-order valence-electron chi connectivity index (χ0n) is 13.0. The quantitative estimate of drug-likeness (QED) is 0.875. The number of quaternary nitrogens is 1. The molecule has 0 aliphatic carbocycles. The second-order valence-corrected chi connectivity index (χ2v) is 7.19. The molecule has 0 saturated carbocycles. The van der Waals surface area contributed by atoms with E-state index in [0.717, 1.165) is 46.1 Å². The first-order chi connectivity index (χ1) is 11.4. The topological polar surface area (TPSA) is 46.4 Å². The van der Waals surface area contributed by atoms with Gasteiger partial charge in [0.15, 0.2) is 6.54 Å². The van der Waals surface area contributed by atoms with Gasteiger partial charge in [0.05, 0.1) is 29.2 Å². The summed E-state index contributed by atoms with van der Waals surface area (Å²) in [6.07, 6.45) is -2.41. The summed E-state index contributed by atoms with van der Waals surface area (Å²) in [5, 5.41) is 3.01. The normalized spacial score (nSPS) is 21.8. The van der Waals surface area contributed by atoms with Gasteiger partial charge in [-0.3, -0.25) is 4.79 Å². The first-order valence-corrected chi connectivity index (χ1v) is 8.75. The fourth-order valence-electron chi connectivity index (χ4n) is 3.08. The molecule has 1 fully saturated rings. The minimum absolute atomic E-state index is 0.0808. The van der Waals surface area contributed by atoms with Crippen LogP contribution in [0.5, 0.6) is 0 Å². The summed E-state index contributed by atoms with van der Waals surface area (Å²) in [5.74, 6) is -0.283. The van der Waals surface area contributed by atoms with Crippen LogP contribution < -0.4 is 10.2 Å². The second kappa shape index (κ2) is 7.06. The Bertz CT molecular complexity index is 683. The van der Waals surface area contributed by atoms with Gasteiger partial charge >= 0.3 is 6.18 Å². The molecule has 130 valence electrons. The number of hydrogen-bond donors (Lipinski definition) is 2. The zero-order valence-corrected chi connectivity index (χ0v) is 13.8. The van der Waals surface area contributed by atoms with Gasteiger partial charge < -0.3 is 10.2 Å². The number of thiazole rings is 1. The highest BCUT2D eigenvalue weighted by Gasteiger charge is 2.31. The third-order valence-electron chi connectivity index (χ3n) is 4.17. The predicted octanol–water partition coefficient (Wildman–Crippen LogP) is 1.74. The molecular weight excluding hydrogens is 339 g/mol. The van der Waals surface area contributed by atoms with E-state index < -0.39 is 18.6 Å². The van der Waals surface area contributed by atoms with Gasteiger partial charge in [0.25, 0.3) is 5.91 Å². The molecule has 2 aromatic rings. The molecule has 2 atom stereocenters. The van der Waals surface area contributed by atoms with Gasteiger partial charge in [-0.25, -0.2) is 4.98 Å². The van der Waals surface area contributed by atoms with E-state index in [2.05, 4.69) is 4.98 Å². The lowest BCUT2D eigenvalue weighted by molar-refractivity contribution is -0.898. The van der Waals surface area contributed by atoms with Crippen LogP contribution in [0.4, 0.5) is 13.2 Å². The molecule has 2 N–H and O–H groups in total. The summed E-state index contributed by atoms with van der Waals surface area (Å²) in [6, 6.07) is 7.95. The average Bonchev–Trinajstić information content (AvgIpc) is 2.97. The maximum absolute atomic E-state index is 12.2. The molecule has 0 spiro atoms. The summed E-state index contributed by atoms with van der Waals surface area (Å²) >= 11 is 1.66. The van der Waals surface area contributed by atoms with Crippen LogP contribution in [0.2, 0.25) is 0 Å². The number of piperidine rings is 1. The summed E-state index contributed by atoms with van der Waals surface area (Å²) in [4.78, 5) is 17.4. The smallest absolute Gasteiger partial charge is 0.342 e. The lowest BCUT2D eigenvalue weighted by atomic mass is 9.99. The Kier molecular flexibility index (Phi) is 5.05. The first-order valence-electron chi connectivity index (χ1n) is 7.93. The number of fused-ring (bicyclic) bond motifs is 1. The zero-order chi connectivity index (χ0) is 17.2. The van der Waals surface area contributed by atoms with Crippen LogP contribution in [0.15, 0.2) is 24.3 Å². The van der Waals surface area contributed by atoms with Gasteiger partial charge in [-0.05, 0) is 25.0 Å². The maximum Gasteiger partial charge on any atom is 0.405 e. The van der Waals surface area contributed by atoms with E-state index in [4.69, 9.17) is 0 Å². The molecule has 1 unspecified atom stereocenters. The van der Waals surface area contributed by atoms with Crippen molar-refractivity contribution in [1.82, 2.24) is 10.3 Å². The van der Waals surface area contributed by atoms with E-state index in [-0.39, 0.29) is 12.5 Å². The van der Waals surface area contributed by atoms with Crippen molar-refractivity contribution in [2.75, 3.05) is 26.2 Å². The largest absolute Gasteiger partial charge is 0.405 e. The lowest BCUT2D eigenvalue weighted by Gasteiger charge is -2.28. The summed E-state index contributed by atoms with van der Waals surface area (Å²) in [6.45, 7) is 0.359. The number of aromatic nitrogens is 1. The minimum Gasteiger partial charge on any atom is -0.342 e. The minimum atomic E-state index is -4.36. The van der Waals surface area contributed by atoms with Gasteiger partial charge in [0.1, 0.15) is 11.6 Å². The number of nitrogens with zero attached hydrogens (tertiary/aromatic N) is 1. The highest BCUT2D eigenvalue weighted by molar-refractivity contribution is 7.18. The SMILES string of the molecule is O=C(C[NH+]1CCC[C@H](c2nc3ccccc3s2)C1)NCC(F)(F)F. The van der Waals surface area contributed by atoms with Gasteiger partial charge in [0, 0.05) is 0 Å². The molecular formula is C16H19F3N3OS+. The lowest BCUT2D eigenvalue weighted by Crippen LogP contribution is -3.14. The second-order valence-electron chi connectivity index (χ2n) is 6.13.